The van der Waals surface area contributed by atoms with Gasteiger partial charge in [-0.1, -0.05) is 45.0 Å². The fourth-order valence-corrected chi connectivity index (χ4v) is 4.70. The number of carbonyl (C=O) groups excluding carboxylic acids is 3. The van der Waals surface area contributed by atoms with Gasteiger partial charge in [0.15, 0.2) is 11.5 Å². The zero-order valence-corrected chi connectivity index (χ0v) is 24.9. The minimum atomic E-state index is -0.529. The van der Waals surface area contributed by atoms with E-state index in [1.165, 1.54) is 31.6 Å². The number of rotatable bonds is 9. The molecule has 4 aromatic rings. The Morgan fingerprint density at radius 1 is 0.738 bits per heavy atom. The molecule has 42 heavy (non-hydrogen) atoms. The van der Waals surface area contributed by atoms with E-state index in [9.17, 15) is 14.4 Å². The lowest BCUT2D eigenvalue weighted by molar-refractivity contribution is -0.113. The first kappa shape index (κ1) is 30.1. The van der Waals surface area contributed by atoms with Crippen LogP contribution in [0.1, 0.15) is 51.9 Å². The lowest BCUT2D eigenvalue weighted by Crippen LogP contribution is -2.30. The van der Waals surface area contributed by atoms with Gasteiger partial charge in [0, 0.05) is 27.4 Å². The number of methoxy groups -OCH3 is 2. The van der Waals surface area contributed by atoms with Gasteiger partial charge in [0.2, 0.25) is 0 Å². The Labute approximate surface area is 249 Å². The topological polar surface area (TPSA) is 106 Å². The first-order chi connectivity index (χ1) is 20.1. The SMILES string of the molecule is COc1ccc(C(=O)N/C(=C\c2cccs2)C(=O)Nc2cccc(NC(=O)c3ccc(C(C)(C)C)cc3)c2)cc1OC. The molecular formula is C33H33N3O5S. The lowest BCUT2D eigenvalue weighted by atomic mass is 9.87. The summed E-state index contributed by atoms with van der Waals surface area (Å²) in [4.78, 5) is 40.1. The van der Waals surface area contributed by atoms with Crippen molar-refractivity contribution in [2.24, 2.45) is 0 Å². The third-order valence-electron chi connectivity index (χ3n) is 6.36. The molecule has 9 heteroatoms. The molecule has 1 aromatic heterocycles. The number of carbonyl (C=O) groups is 3. The summed E-state index contributed by atoms with van der Waals surface area (Å²) in [5.41, 5.74) is 2.93. The zero-order chi connectivity index (χ0) is 30.3. The van der Waals surface area contributed by atoms with E-state index in [-0.39, 0.29) is 22.6 Å². The molecule has 4 rings (SSSR count). The minimum absolute atomic E-state index is 0.0146. The monoisotopic (exact) mass is 583 g/mol. The Hall–Kier alpha value is -4.89. The highest BCUT2D eigenvalue weighted by Crippen LogP contribution is 2.28. The number of hydrogen-bond acceptors (Lipinski definition) is 6. The maximum atomic E-state index is 13.4. The van der Waals surface area contributed by atoms with Gasteiger partial charge >= 0.3 is 0 Å². The van der Waals surface area contributed by atoms with E-state index in [0.29, 0.717) is 28.4 Å². The third-order valence-corrected chi connectivity index (χ3v) is 7.18. The van der Waals surface area contributed by atoms with Crippen molar-refractivity contribution in [2.75, 3.05) is 24.9 Å². The summed E-state index contributed by atoms with van der Waals surface area (Å²) in [5.74, 6) is -0.414. The van der Waals surface area contributed by atoms with E-state index in [4.69, 9.17) is 9.47 Å². The fourth-order valence-electron chi connectivity index (χ4n) is 4.04. The molecule has 8 nitrogen and oxygen atoms in total. The smallest absolute Gasteiger partial charge is 0.272 e. The van der Waals surface area contributed by atoms with Crippen molar-refractivity contribution < 1.29 is 23.9 Å². The van der Waals surface area contributed by atoms with Crippen LogP contribution in [0.15, 0.2) is 89.9 Å². The highest BCUT2D eigenvalue weighted by molar-refractivity contribution is 7.10. The van der Waals surface area contributed by atoms with Crippen molar-refractivity contribution in [1.29, 1.82) is 0 Å². The summed E-state index contributed by atoms with van der Waals surface area (Å²) in [5, 5.41) is 10.3. The molecule has 0 spiro atoms. The molecule has 0 radical (unpaired) electrons. The highest BCUT2D eigenvalue weighted by atomic mass is 32.1. The number of hydrogen-bond donors (Lipinski definition) is 3. The molecule has 0 aliphatic rings. The highest BCUT2D eigenvalue weighted by Gasteiger charge is 2.18. The molecule has 3 amide bonds. The van der Waals surface area contributed by atoms with Crippen LogP contribution in [0.4, 0.5) is 11.4 Å². The summed E-state index contributed by atoms with van der Waals surface area (Å²) >= 11 is 1.43. The Bertz CT molecular complexity index is 1600. The molecule has 0 saturated carbocycles. The van der Waals surface area contributed by atoms with E-state index in [2.05, 4.69) is 36.7 Å². The number of ether oxygens (including phenoxy) is 2. The van der Waals surface area contributed by atoms with Crippen molar-refractivity contribution in [2.45, 2.75) is 26.2 Å². The standard InChI is InChI=1S/C33H33N3O5S/c1-33(2,3)23-14-11-21(12-15-23)30(37)34-24-8-6-9-25(19-24)35-32(39)27(20-26-10-7-17-42-26)36-31(38)22-13-16-28(40-4)29(18-22)41-5/h6-20H,1-5H3,(H,34,37)(H,35,39)(H,36,38)/b27-20-. The predicted octanol–water partition coefficient (Wildman–Crippen LogP) is 6.72. The molecule has 3 aromatic carbocycles. The number of nitrogens with one attached hydrogen (secondary N) is 3. The van der Waals surface area contributed by atoms with Crippen LogP contribution >= 0.6 is 11.3 Å². The summed E-state index contributed by atoms with van der Waals surface area (Å²) in [6, 6.07) is 22.7. The number of thiophene rings is 1. The van der Waals surface area contributed by atoms with Crippen molar-refractivity contribution in [3.8, 4) is 11.5 Å². The minimum Gasteiger partial charge on any atom is -0.493 e. The number of amides is 3. The Morgan fingerprint density at radius 2 is 1.40 bits per heavy atom. The van der Waals surface area contributed by atoms with Gasteiger partial charge in [0.1, 0.15) is 5.70 Å². The third kappa shape index (κ3) is 7.64. The van der Waals surface area contributed by atoms with Crippen LogP contribution in [0.2, 0.25) is 0 Å². The predicted molar refractivity (Wildman–Crippen MR) is 167 cm³/mol. The van der Waals surface area contributed by atoms with Crippen LogP contribution in [-0.2, 0) is 10.2 Å². The van der Waals surface area contributed by atoms with E-state index in [0.717, 1.165) is 10.4 Å². The molecule has 3 N–H and O–H groups in total. The van der Waals surface area contributed by atoms with Gasteiger partial charge in [0.05, 0.1) is 14.2 Å². The number of anilines is 2. The first-order valence-corrected chi connectivity index (χ1v) is 14.1. The van der Waals surface area contributed by atoms with Gasteiger partial charge in [-0.2, -0.15) is 0 Å². The van der Waals surface area contributed by atoms with Crippen molar-refractivity contribution in [3.05, 3.63) is 112 Å². The largest absolute Gasteiger partial charge is 0.493 e. The average Bonchev–Trinajstić information content (AvgIpc) is 3.49. The molecule has 0 fully saturated rings. The van der Waals surface area contributed by atoms with E-state index in [1.807, 2.05) is 29.6 Å². The van der Waals surface area contributed by atoms with Crippen LogP contribution in [0.3, 0.4) is 0 Å². The van der Waals surface area contributed by atoms with Crippen LogP contribution < -0.4 is 25.4 Å². The van der Waals surface area contributed by atoms with Crippen molar-refractivity contribution in [1.82, 2.24) is 5.32 Å². The lowest BCUT2D eigenvalue weighted by Gasteiger charge is -2.19. The Kier molecular flexibility index (Phi) is 9.44. The number of benzene rings is 3. The zero-order valence-electron chi connectivity index (χ0n) is 24.1. The van der Waals surface area contributed by atoms with E-state index >= 15 is 0 Å². The van der Waals surface area contributed by atoms with E-state index < -0.39 is 11.8 Å². The van der Waals surface area contributed by atoms with Gasteiger partial charge in [0.25, 0.3) is 17.7 Å². The summed E-state index contributed by atoms with van der Waals surface area (Å²) in [7, 11) is 2.99. The van der Waals surface area contributed by atoms with Gasteiger partial charge in [-0.25, -0.2) is 0 Å². The fraction of sp³-hybridized carbons (Fsp3) is 0.182. The molecule has 0 unspecified atom stereocenters. The van der Waals surface area contributed by atoms with Crippen LogP contribution in [-0.4, -0.2) is 31.9 Å². The normalized spacial score (nSPS) is 11.4. The maximum absolute atomic E-state index is 13.4. The van der Waals surface area contributed by atoms with Crippen LogP contribution in [0.5, 0.6) is 11.5 Å². The molecule has 0 saturated heterocycles. The molecular weight excluding hydrogens is 550 g/mol. The molecule has 1 heterocycles. The quantitative estimate of drug-likeness (QED) is 0.190. The Balaban J connectivity index is 1.50. The molecule has 0 aliphatic carbocycles. The second-order valence-corrected chi connectivity index (χ2v) is 11.4. The van der Waals surface area contributed by atoms with Gasteiger partial charge in [-0.15, -0.1) is 11.3 Å². The van der Waals surface area contributed by atoms with Crippen LogP contribution in [0.25, 0.3) is 6.08 Å². The second kappa shape index (κ2) is 13.2. The van der Waals surface area contributed by atoms with Gasteiger partial charge in [-0.05, 0) is 77.0 Å². The summed E-state index contributed by atoms with van der Waals surface area (Å²) in [6.07, 6.45) is 1.60. The summed E-state index contributed by atoms with van der Waals surface area (Å²) in [6.45, 7) is 6.35. The molecule has 0 bridgehead atoms. The van der Waals surface area contributed by atoms with Gasteiger partial charge in [-0.3, -0.25) is 14.4 Å². The van der Waals surface area contributed by atoms with E-state index in [1.54, 1.807) is 54.6 Å². The molecule has 0 atom stereocenters. The van der Waals surface area contributed by atoms with Crippen molar-refractivity contribution in [3.63, 3.8) is 0 Å². The van der Waals surface area contributed by atoms with Gasteiger partial charge < -0.3 is 25.4 Å². The molecule has 0 aliphatic heterocycles. The Morgan fingerprint density at radius 3 is 2.02 bits per heavy atom. The molecule has 216 valence electrons. The second-order valence-electron chi connectivity index (χ2n) is 10.4. The van der Waals surface area contributed by atoms with Crippen molar-refractivity contribution >= 4 is 46.5 Å². The summed E-state index contributed by atoms with van der Waals surface area (Å²) < 4.78 is 10.5. The first-order valence-electron chi connectivity index (χ1n) is 13.2. The average molecular weight is 584 g/mol. The maximum Gasteiger partial charge on any atom is 0.272 e. The van der Waals surface area contributed by atoms with Crippen LogP contribution in [0, 0.1) is 0 Å².